The number of hydrogen-bond donors (Lipinski definition) is 0. The lowest BCUT2D eigenvalue weighted by atomic mass is 10.2. The number of ether oxygens (including phenoxy) is 1. The zero-order chi connectivity index (χ0) is 13.5. The summed E-state index contributed by atoms with van der Waals surface area (Å²) in [5.41, 5.74) is 0.603. The minimum absolute atomic E-state index is 0.0429. The molecule has 1 aliphatic rings. The number of rotatable bonds is 4. The van der Waals surface area contributed by atoms with Gasteiger partial charge in [0.2, 0.25) is 0 Å². The van der Waals surface area contributed by atoms with Crippen molar-refractivity contribution in [2.75, 3.05) is 19.7 Å². The van der Waals surface area contributed by atoms with Gasteiger partial charge in [-0.2, -0.15) is 0 Å². The lowest BCUT2D eigenvalue weighted by molar-refractivity contribution is -0.133. The lowest BCUT2D eigenvalue weighted by Gasteiger charge is -2.20. The van der Waals surface area contributed by atoms with Crippen molar-refractivity contribution in [1.29, 1.82) is 0 Å². The highest BCUT2D eigenvalue weighted by atomic mass is 16.5. The highest BCUT2D eigenvalue weighted by Gasteiger charge is 2.15. The molecule has 1 aliphatic heterocycles. The summed E-state index contributed by atoms with van der Waals surface area (Å²) in [6.07, 6.45) is 5.36. The molecule has 0 spiro atoms. The monoisotopic (exact) mass is 261 g/mol. The Bertz CT molecular complexity index is 420. The van der Waals surface area contributed by atoms with Gasteiger partial charge in [0.1, 0.15) is 12.0 Å². The molecule has 19 heavy (non-hydrogen) atoms. The van der Waals surface area contributed by atoms with Gasteiger partial charge in [0.15, 0.2) is 6.61 Å². The molecule has 0 saturated carbocycles. The van der Waals surface area contributed by atoms with E-state index in [0.29, 0.717) is 11.3 Å². The Morgan fingerprint density at radius 1 is 1.11 bits per heavy atom. The second-order valence-corrected chi connectivity index (χ2v) is 4.77. The van der Waals surface area contributed by atoms with Gasteiger partial charge >= 0.3 is 0 Å². The number of likely N-dealkylation sites (tertiary alicyclic amines) is 1. The minimum atomic E-state index is 0.0429. The lowest BCUT2D eigenvalue weighted by Crippen LogP contribution is -2.35. The Morgan fingerprint density at radius 2 is 1.74 bits per heavy atom. The average Bonchev–Trinajstić information content (AvgIpc) is 2.74. The zero-order valence-electron chi connectivity index (χ0n) is 11.0. The number of amides is 1. The SMILES string of the molecule is O=Cc1ccc(OCC(=O)N2CCCCCC2)cc1. The zero-order valence-corrected chi connectivity index (χ0v) is 11.0. The van der Waals surface area contributed by atoms with Crippen LogP contribution in [0.15, 0.2) is 24.3 Å². The van der Waals surface area contributed by atoms with Crippen LogP contribution in [0.3, 0.4) is 0 Å². The number of benzene rings is 1. The fourth-order valence-corrected chi connectivity index (χ4v) is 2.20. The molecule has 1 fully saturated rings. The van der Waals surface area contributed by atoms with Gasteiger partial charge in [-0.25, -0.2) is 0 Å². The van der Waals surface area contributed by atoms with E-state index in [1.54, 1.807) is 24.3 Å². The number of carbonyl (C=O) groups is 2. The van der Waals surface area contributed by atoms with Gasteiger partial charge in [-0.3, -0.25) is 9.59 Å². The number of hydrogen-bond acceptors (Lipinski definition) is 3. The second-order valence-electron chi connectivity index (χ2n) is 4.77. The average molecular weight is 261 g/mol. The molecule has 1 aromatic rings. The van der Waals surface area contributed by atoms with E-state index in [-0.39, 0.29) is 12.5 Å². The van der Waals surface area contributed by atoms with Crippen molar-refractivity contribution < 1.29 is 14.3 Å². The Labute approximate surface area is 113 Å². The summed E-state index contributed by atoms with van der Waals surface area (Å²) in [5, 5.41) is 0. The largest absolute Gasteiger partial charge is 0.484 e. The summed E-state index contributed by atoms with van der Waals surface area (Å²) in [7, 11) is 0. The highest BCUT2D eigenvalue weighted by Crippen LogP contribution is 2.13. The predicted molar refractivity (Wildman–Crippen MR) is 72.4 cm³/mol. The highest BCUT2D eigenvalue weighted by molar-refractivity contribution is 5.78. The molecular formula is C15H19NO3. The van der Waals surface area contributed by atoms with Crippen molar-refractivity contribution in [3.63, 3.8) is 0 Å². The first-order valence-corrected chi connectivity index (χ1v) is 6.75. The van der Waals surface area contributed by atoms with Gasteiger partial charge < -0.3 is 9.64 Å². The Balaban J connectivity index is 1.83. The fraction of sp³-hybridized carbons (Fsp3) is 0.467. The fourth-order valence-electron chi connectivity index (χ4n) is 2.20. The molecule has 0 atom stereocenters. The van der Waals surface area contributed by atoms with Gasteiger partial charge in [-0.05, 0) is 37.1 Å². The third kappa shape index (κ3) is 4.09. The number of aldehydes is 1. The van der Waals surface area contributed by atoms with Crippen molar-refractivity contribution >= 4 is 12.2 Å². The van der Waals surface area contributed by atoms with Gasteiger partial charge in [-0.1, -0.05) is 12.8 Å². The molecule has 0 N–H and O–H groups in total. The first-order valence-electron chi connectivity index (χ1n) is 6.75. The van der Waals surface area contributed by atoms with Crippen molar-refractivity contribution in [3.8, 4) is 5.75 Å². The van der Waals surface area contributed by atoms with Crippen molar-refractivity contribution in [2.24, 2.45) is 0 Å². The minimum Gasteiger partial charge on any atom is -0.484 e. The van der Waals surface area contributed by atoms with E-state index < -0.39 is 0 Å². The van der Waals surface area contributed by atoms with E-state index in [1.807, 2.05) is 4.90 Å². The van der Waals surface area contributed by atoms with Gasteiger partial charge in [-0.15, -0.1) is 0 Å². The molecule has 4 heteroatoms. The molecule has 4 nitrogen and oxygen atoms in total. The standard InChI is InChI=1S/C15H19NO3/c17-11-13-5-7-14(8-6-13)19-12-15(18)16-9-3-1-2-4-10-16/h5-8,11H,1-4,9-10,12H2. The van der Waals surface area contributed by atoms with Crippen LogP contribution in [0.5, 0.6) is 5.75 Å². The predicted octanol–water partition coefficient (Wildman–Crippen LogP) is 2.28. The van der Waals surface area contributed by atoms with Crippen LogP contribution in [0, 0.1) is 0 Å². The third-order valence-electron chi connectivity index (χ3n) is 3.34. The van der Waals surface area contributed by atoms with Gasteiger partial charge in [0.25, 0.3) is 5.91 Å². The molecule has 1 heterocycles. The summed E-state index contributed by atoms with van der Waals surface area (Å²) in [5.74, 6) is 0.662. The molecule has 0 bridgehead atoms. The molecule has 0 aliphatic carbocycles. The van der Waals surface area contributed by atoms with Crippen LogP contribution >= 0.6 is 0 Å². The van der Waals surface area contributed by atoms with Crippen molar-refractivity contribution in [1.82, 2.24) is 4.90 Å². The molecule has 1 aromatic carbocycles. The summed E-state index contributed by atoms with van der Waals surface area (Å²) >= 11 is 0. The topological polar surface area (TPSA) is 46.6 Å². The first-order chi connectivity index (χ1) is 9.29. The third-order valence-corrected chi connectivity index (χ3v) is 3.34. The van der Waals surface area contributed by atoms with E-state index in [9.17, 15) is 9.59 Å². The van der Waals surface area contributed by atoms with Crippen LogP contribution in [0.1, 0.15) is 36.0 Å². The van der Waals surface area contributed by atoms with Crippen LogP contribution in [0.2, 0.25) is 0 Å². The molecule has 1 amide bonds. The maximum atomic E-state index is 12.0. The molecule has 102 valence electrons. The van der Waals surface area contributed by atoms with Gasteiger partial charge in [0, 0.05) is 18.7 Å². The summed E-state index contributed by atoms with van der Waals surface area (Å²) in [6.45, 7) is 1.75. The molecule has 0 aromatic heterocycles. The van der Waals surface area contributed by atoms with Crippen LogP contribution < -0.4 is 4.74 Å². The smallest absolute Gasteiger partial charge is 0.260 e. The normalized spacial score (nSPS) is 15.7. The Morgan fingerprint density at radius 3 is 2.32 bits per heavy atom. The Hall–Kier alpha value is -1.84. The molecule has 0 radical (unpaired) electrons. The quantitative estimate of drug-likeness (QED) is 0.781. The maximum absolute atomic E-state index is 12.0. The van der Waals surface area contributed by atoms with Crippen molar-refractivity contribution in [3.05, 3.63) is 29.8 Å². The molecule has 0 unspecified atom stereocenters. The van der Waals surface area contributed by atoms with E-state index in [0.717, 1.165) is 32.2 Å². The van der Waals surface area contributed by atoms with E-state index >= 15 is 0 Å². The number of nitrogens with zero attached hydrogens (tertiary/aromatic N) is 1. The van der Waals surface area contributed by atoms with E-state index in [1.165, 1.54) is 12.8 Å². The summed E-state index contributed by atoms with van der Waals surface area (Å²) < 4.78 is 5.45. The van der Waals surface area contributed by atoms with E-state index in [4.69, 9.17) is 4.74 Å². The summed E-state index contributed by atoms with van der Waals surface area (Å²) in [4.78, 5) is 24.4. The van der Waals surface area contributed by atoms with Gasteiger partial charge in [0.05, 0.1) is 0 Å². The molecule has 2 rings (SSSR count). The second kappa shape index (κ2) is 6.92. The Kier molecular flexibility index (Phi) is 4.95. The first kappa shape index (κ1) is 13.6. The maximum Gasteiger partial charge on any atom is 0.260 e. The number of carbonyl (C=O) groups excluding carboxylic acids is 2. The van der Waals surface area contributed by atoms with Crippen LogP contribution in [0.4, 0.5) is 0 Å². The molecular weight excluding hydrogens is 242 g/mol. The van der Waals surface area contributed by atoms with E-state index in [2.05, 4.69) is 0 Å². The molecule has 1 saturated heterocycles. The van der Waals surface area contributed by atoms with Crippen LogP contribution in [-0.4, -0.2) is 36.8 Å². The summed E-state index contributed by atoms with van der Waals surface area (Å²) in [6, 6.07) is 6.77. The van der Waals surface area contributed by atoms with Crippen LogP contribution in [0.25, 0.3) is 0 Å². The van der Waals surface area contributed by atoms with Crippen LogP contribution in [-0.2, 0) is 4.79 Å². The van der Waals surface area contributed by atoms with Crippen molar-refractivity contribution in [2.45, 2.75) is 25.7 Å².